The highest BCUT2D eigenvalue weighted by molar-refractivity contribution is 7.88. The zero-order valence-corrected chi connectivity index (χ0v) is 8.86. The van der Waals surface area contributed by atoms with Gasteiger partial charge >= 0.3 is 5.97 Å². The lowest BCUT2D eigenvalue weighted by Gasteiger charge is -2.00. The van der Waals surface area contributed by atoms with E-state index in [4.69, 9.17) is 9.84 Å². The Morgan fingerprint density at radius 1 is 1.40 bits per heavy atom. The third kappa shape index (κ3) is 3.55. The third-order valence-corrected chi connectivity index (χ3v) is 2.75. The van der Waals surface area contributed by atoms with Crippen LogP contribution in [0.4, 0.5) is 0 Å². The summed E-state index contributed by atoms with van der Waals surface area (Å²) in [7, 11) is 0.107. The van der Waals surface area contributed by atoms with Gasteiger partial charge in [0.15, 0.2) is 0 Å². The zero-order chi connectivity index (χ0) is 11.3. The first-order chi connectivity index (χ1) is 7.13. The van der Waals surface area contributed by atoms with E-state index in [1.165, 1.54) is 7.11 Å². The van der Waals surface area contributed by atoms with Crippen molar-refractivity contribution in [3.63, 3.8) is 0 Å². The second-order valence-corrected chi connectivity index (χ2v) is 3.95. The van der Waals surface area contributed by atoms with Crippen LogP contribution in [0.3, 0.4) is 0 Å². The van der Waals surface area contributed by atoms with Crippen LogP contribution in [0.1, 0.15) is 0 Å². The van der Waals surface area contributed by atoms with Gasteiger partial charge < -0.3 is 9.84 Å². The van der Waals surface area contributed by atoms with Crippen LogP contribution in [0, 0.1) is 0 Å². The first-order valence-corrected chi connectivity index (χ1v) is 5.30. The molecule has 15 heavy (non-hydrogen) atoms. The van der Waals surface area contributed by atoms with Crippen molar-refractivity contribution in [2.24, 2.45) is 0 Å². The molecule has 0 saturated carbocycles. The number of hydrogen-bond donors (Lipinski definition) is 1. The molecule has 0 aliphatic heterocycles. The van der Waals surface area contributed by atoms with Crippen LogP contribution in [-0.4, -0.2) is 22.4 Å². The van der Waals surface area contributed by atoms with Crippen molar-refractivity contribution in [2.75, 3.05) is 7.11 Å². The SMILES string of the molecule is COc1ccc(S(=O)/C=C\C(=O)O)cc1. The van der Waals surface area contributed by atoms with Crippen molar-refractivity contribution in [3.05, 3.63) is 35.7 Å². The molecule has 0 spiro atoms. The summed E-state index contributed by atoms with van der Waals surface area (Å²) >= 11 is 0. The number of carboxylic acids is 1. The second-order valence-electron chi connectivity index (χ2n) is 2.61. The van der Waals surface area contributed by atoms with Crippen molar-refractivity contribution in [1.82, 2.24) is 0 Å². The highest BCUT2D eigenvalue weighted by Crippen LogP contribution is 2.14. The number of rotatable bonds is 4. The van der Waals surface area contributed by atoms with Gasteiger partial charge in [0.25, 0.3) is 0 Å². The Morgan fingerprint density at radius 3 is 2.47 bits per heavy atom. The van der Waals surface area contributed by atoms with Crippen LogP contribution in [0.5, 0.6) is 5.75 Å². The second kappa shape index (κ2) is 5.31. The molecule has 0 aliphatic rings. The monoisotopic (exact) mass is 226 g/mol. The smallest absolute Gasteiger partial charge is 0.328 e. The fourth-order valence-electron chi connectivity index (χ4n) is 0.908. The summed E-state index contributed by atoms with van der Waals surface area (Å²) < 4.78 is 16.4. The molecule has 1 N–H and O–H groups in total. The largest absolute Gasteiger partial charge is 0.497 e. The van der Waals surface area contributed by atoms with Crippen molar-refractivity contribution in [1.29, 1.82) is 0 Å². The van der Waals surface area contributed by atoms with Gasteiger partial charge in [-0.25, -0.2) is 9.00 Å². The quantitative estimate of drug-likeness (QED) is 0.788. The first-order valence-electron chi connectivity index (χ1n) is 4.09. The van der Waals surface area contributed by atoms with E-state index in [-0.39, 0.29) is 0 Å². The molecule has 5 heteroatoms. The third-order valence-electron chi connectivity index (χ3n) is 1.63. The van der Waals surface area contributed by atoms with E-state index in [0.717, 1.165) is 11.5 Å². The molecule has 1 atom stereocenters. The molecule has 1 unspecified atom stereocenters. The van der Waals surface area contributed by atoms with Gasteiger partial charge in [0.1, 0.15) is 5.75 Å². The molecule has 0 saturated heterocycles. The van der Waals surface area contributed by atoms with E-state index in [1.807, 2.05) is 0 Å². The minimum absolute atomic E-state index is 0.535. The summed E-state index contributed by atoms with van der Waals surface area (Å²) in [4.78, 5) is 10.7. The summed E-state index contributed by atoms with van der Waals surface area (Å²) in [5.41, 5.74) is 0. The highest BCUT2D eigenvalue weighted by Gasteiger charge is 2.00. The molecule has 4 nitrogen and oxygen atoms in total. The topological polar surface area (TPSA) is 63.6 Å². The lowest BCUT2D eigenvalue weighted by Crippen LogP contribution is -1.91. The maximum Gasteiger partial charge on any atom is 0.328 e. The molecule has 0 fully saturated rings. The van der Waals surface area contributed by atoms with E-state index in [0.29, 0.717) is 10.6 Å². The first kappa shape index (κ1) is 11.5. The number of carbonyl (C=O) groups is 1. The fourth-order valence-corrected chi connectivity index (χ4v) is 1.71. The summed E-state index contributed by atoms with van der Waals surface area (Å²) in [6, 6.07) is 6.59. The molecular weight excluding hydrogens is 216 g/mol. The average Bonchev–Trinajstić information content (AvgIpc) is 2.26. The van der Waals surface area contributed by atoms with Gasteiger partial charge in [0.05, 0.1) is 17.9 Å². The molecule has 80 valence electrons. The Bertz CT molecular complexity index is 394. The van der Waals surface area contributed by atoms with Gasteiger partial charge in [0.2, 0.25) is 0 Å². The predicted molar refractivity (Wildman–Crippen MR) is 56.2 cm³/mol. The molecule has 0 bridgehead atoms. The van der Waals surface area contributed by atoms with Gasteiger partial charge in [-0.3, -0.25) is 0 Å². The van der Waals surface area contributed by atoms with Crippen LogP contribution < -0.4 is 4.74 Å². The van der Waals surface area contributed by atoms with E-state index in [9.17, 15) is 9.00 Å². The summed E-state index contributed by atoms with van der Waals surface area (Å²) in [6.45, 7) is 0. The predicted octanol–water partition coefficient (Wildman–Crippen LogP) is 1.40. The summed E-state index contributed by atoms with van der Waals surface area (Å²) in [5, 5.41) is 9.48. The van der Waals surface area contributed by atoms with E-state index < -0.39 is 16.8 Å². The minimum atomic E-state index is -1.43. The molecule has 0 radical (unpaired) electrons. The van der Waals surface area contributed by atoms with Gasteiger partial charge in [-0.05, 0) is 24.3 Å². The summed E-state index contributed by atoms with van der Waals surface area (Å²) in [5.74, 6) is -0.449. The lowest BCUT2D eigenvalue weighted by atomic mass is 10.3. The standard InChI is InChI=1S/C10H10O4S/c1-14-8-2-4-9(5-3-8)15(13)7-6-10(11)12/h2-7H,1H3,(H,11,12)/b7-6-. The number of hydrogen-bond acceptors (Lipinski definition) is 3. The van der Waals surface area contributed by atoms with Gasteiger partial charge in [0, 0.05) is 16.4 Å². The van der Waals surface area contributed by atoms with Crippen LogP contribution in [-0.2, 0) is 15.6 Å². The molecule has 1 aromatic carbocycles. The number of carboxylic acid groups (broad SMARTS) is 1. The normalized spacial score (nSPS) is 12.6. The number of benzene rings is 1. The van der Waals surface area contributed by atoms with Gasteiger partial charge in [-0.2, -0.15) is 0 Å². The average molecular weight is 226 g/mol. The summed E-state index contributed by atoms with van der Waals surface area (Å²) in [6.07, 6.45) is 0.861. The molecular formula is C10H10O4S. The number of methoxy groups -OCH3 is 1. The Morgan fingerprint density at radius 2 is 2.00 bits per heavy atom. The molecule has 0 aliphatic carbocycles. The Kier molecular flexibility index (Phi) is 4.05. The lowest BCUT2D eigenvalue weighted by molar-refractivity contribution is -0.131. The van der Waals surface area contributed by atoms with Crippen LogP contribution in [0.15, 0.2) is 40.6 Å². The van der Waals surface area contributed by atoms with Crippen molar-refractivity contribution in [2.45, 2.75) is 4.90 Å². The van der Waals surface area contributed by atoms with E-state index in [2.05, 4.69) is 0 Å². The molecule has 0 amide bonds. The maximum absolute atomic E-state index is 11.5. The van der Waals surface area contributed by atoms with Gasteiger partial charge in [-0.1, -0.05) is 0 Å². The van der Waals surface area contributed by atoms with Crippen molar-refractivity contribution in [3.8, 4) is 5.75 Å². The Balaban J connectivity index is 2.79. The van der Waals surface area contributed by atoms with Crippen LogP contribution >= 0.6 is 0 Å². The Labute approximate surface area is 89.6 Å². The molecule has 0 aromatic heterocycles. The zero-order valence-electron chi connectivity index (χ0n) is 8.04. The van der Waals surface area contributed by atoms with Crippen molar-refractivity contribution < 1.29 is 18.8 Å². The van der Waals surface area contributed by atoms with E-state index in [1.54, 1.807) is 24.3 Å². The Hall–Kier alpha value is -1.62. The van der Waals surface area contributed by atoms with Crippen LogP contribution in [0.25, 0.3) is 0 Å². The molecule has 0 heterocycles. The molecule has 1 aromatic rings. The van der Waals surface area contributed by atoms with Crippen LogP contribution in [0.2, 0.25) is 0 Å². The number of ether oxygens (including phenoxy) is 1. The molecule has 1 rings (SSSR count). The maximum atomic E-state index is 11.5. The van der Waals surface area contributed by atoms with E-state index >= 15 is 0 Å². The van der Waals surface area contributed by atoms with Crippen molar-refractivity contribution >= 4 is 16.8 Å². The minimum Gasteiger partial charge on any atom is -0.497 e. The number of aliphatic carboxylic acids is 1. The fraction of sp³-hybridized carbons (Fsp3) is 0.100. The van der Waals surface area contributed by atoms with Gasteiger partial charge in [-0.15, -0.1) is 0 Å². The highest BCUT2D eigenvalue weighted by atomic mass is 32.2.